The summed E-state index contributed by atoms with van der Waals surface area (Å²) in [6.07, 6.45) is 0.206. The molecular formula is C20H23ClN2O2. The van der Waals surface area contributed by atoms with E-state index in [-0.39, 0.29) is 18.2 Å². The molecule has 0 saturated heterocycles. The maximum Gasteiger partial charge on any atom is 0.226 e. The second-order valence-corrected chi connectivity index (χ2v) is 6.61. The van der Waals surface area contributed by atoms with Crippen LogP contribution in [0.25, 0.3) is 0 Å². The highest BCUT2D eigenvalue weighted by molar-refractivity contribution is 6.31. The van der Waals surface area contributed by atoms with E-state index in [9.17, 15) is 9.59 Å². The van der Waals surface area contributed by atoms with Gasteiger partial charge in [0.2, 0.25) is 11.8 Å². The Hall–Kier alpha value is -2.33. The summed E-state index contributed by atoms with van der Waals surface area (Å²) in [5, 5.41) is 3.47. The van der Waals surface area contributed by atoms with E-state index in [0.29, 0.717) is 17.3 Å². The number of carbonyl (C=O) groups is 2. The summed E-state index contributed by atoms with van der Waals surface area (Å²) in [4.78, 5) is 25.7. The third-order valence-corrected chi connectivity index (χ3v) is 4.61. The summed E-state index contributed by atoms with van der Waals surface area (Å²) in [5.41, 5.74) is 4.71. The number of hydrogen-bond donors (Lipinski definition) is 1. The van der Waals surface area contributed by atoms with Crippen molar-refractivity contribution in [2.24, 2.45) is 0 Å². The van der Waals surface area contributed by atoms with Crippen molar-refractivity contribution in [1.29, 1.82) is 0 Å². The first-order valence-electron chi connectivity index (χ1n) is 8.19. The molecule has 0 saturated carbocycles. The van der Waals surface area contributed by atoms with Crippen LogP contribution in [0, 0.1) is 20.8 Å². The van der Waals surface area contributed by atoms with E-state index in [1.807, 2.05) is 51.1 Å². The Morgan fingerprint density at radius 3 is 2.28 bits per heavy atom. The molecule has 2 aromatic rings. The molecule has 0 aliphatic carbocycles. The minimum absolute atomic E-state index is 0.126. The molecule has 0 spiro atoms. The second kappa shape index (κ2) is 8.17. The van der Waals surface area contributed by atoms with Gasteiger partial charge in [-0.25, -0.2) is 0 Å². The van der Waals surface area contributed by atoms with Crippen molar-refractivity contribution in [3.05, 3.63) is 58.1 Å². The average molecular weight is 359 g/mol. The molecule has 2 amide bonds. The lowest BCUT2D eigenvalue weighted by Gasteiger charge is -2.21. The Morgan fingerprint density at radius 1 is 1.00 bits per heavy atom. The first-order valence-corrected chi connectivity index (χ1v) is 8.57. The molecule has 0 bridgehead atoms. The van der Waals surface area contributed by atoms with E-state index in [4.69, 9.17) is 11.6 Å². The van der Waals surface area contributed by atoms with Crippen molar-refractivity contribution in [1.82, 2.24) is 0 Å². The number of nitrogens with zero attached hydrogens (tertiary/aromatic N) is 1. The van der Waals surface area contributed by atoms with Gasteiger partial charge in [0.1, 0.15) is 0 Å². The standard InChI is InChI=1S/C20H23ClN2O2/c1-13-5-7-17(11-15(13)3)22-20(25)9-10-23(16(4)24)18-8-6-14(2)19(21)12-18/h5-8,11-12H,9-10H2,1-4H3,(H,22,25). The number of hydrogen-bond acceptors (Lipinski definition) is 2. The number of carbonyl (C=O) groups excluding carboxylic acids is 2. The van der Waals surface area contributed by atoms with Gasteiger partial charge in [0.15, 0.2) is 0 Å². The van der Waals surface area contributed by atoms with Gasteiger partial charge in [0, 0.05) is 36.3 Å². The molecule has 2 aromatic carbocycles. The first kappa shape index (κ1) is 19.0. The molecule has 2 rings (SSSR count). The average Bonchev–Trinajstić information content (AvgIpc) is 2.54. The first-order chi connectivity index (χ1) is 11.8. The predicted octanol–water partition coefficient (Wildman–Crippen LogP) is 4.65. The van der Waals surface area contributed by atoms with Crippen LogP contribution in [-0.2, 0) is 9.59 Å². The van der Waals surface area contributed by atoms with Gasteiger partial charge in [-0.3, -0.25) is 9.59 Å². The van der Waals surface area contributed by atoms with Gasteiger partial charge in [-0.2, -0.15) is 0 Å². The summed E-state index contributed by atoms with van der Waals surface area (Å²) in [5.74, 6) is -0.258. The molecule has 0 radical (unpaired) electrons. The van der Waals surface area contributed by atoms with Crippen molar-refractivity contribution in [2.75, 3.05) is 16.8 Å². The van der Waals surface area contributed by atoms with Crippen LogP contribution in [0.5, 0.6) is 0 Å². The lowest BCUT2D eigenvalue weighted by Crippen LogP contribution is -2.32. The molecule has 132 valence electrons. The number of anilines is 2. The number of nitrogens with one attached hydrogen (secondary N) is 1. The molecule has 0 aliphatic heterocycles. The van der Waals surface area contributed by atoms with Crippen LogP contribution in [-0.4, -0.2) is 18.4 Å². The fourth-order valence-corrected chi connectivity index (χ4v) is 2.65. The summed E-state index contributed by atoms with van der Waals surface area (Å²) in [7, 11) is 0. The second-order valence-electron chi connectivity index (χ2n) is 6.20. The third-order valence-electron chi connectivity index (χ3n) is 4.20. The van der Waals surface area contributed by atoms with E-state index >= 15 is 0 Å². The highest BCUT2D eigenvalue weighted by Gasteiger charge is 2.14. The number of aryl methyl sites for hydroxylation is 3. The van der Waals surface area contributed by atoms with Crippen molar-refractivity contribution >= 4 is 34.8 Å². The fraction of sp³-hybridized carbons (Fsp3) is 0.300. The largest absolute Gasteiger partial charge is 0.326 e. The van der Waals surface area contributed by atoms with Gasteiger partial charge in [-0.05, 0) is 61.7 Å². The zero-order chi connectivity index (χ0) is 18.6. The molecule has 5 heteroatoms. The van der Waals surface area contributed by atoms with E-state index in [1.54, 1.807) is 11.0 Å². The van der Waals surface area contributed by atoms with E-state index in [0.717, 1.165) is 16.8 Å². The van der Waals surface area contributed by atoms with Gasteiger partial charge in [0.05, 0.1) is 0 Å². The quantitative estimate of drug-likeness (QED) is 0.845. The Labute approximate surface area is 153 Å². The minimum atomic E-state index is -0.132. The molecule has 0 aliphatic rings. The predicted molar refractivity (Wildman–Crippen MR) is 103 cm³/mol. The molecule has 0 unspecified atom stereocenters. The molecule has 0 atom stereocenters. The molecule has 0 fully saturated rings. The van der Waals surface area contributed by atoms with Crippen LogP contribution in [0.1, 0.15) is 30.0 Å². The fourth-order valence-electron chi connectivity index (χ4n) is 2.47. The van der Waals surface area contributed by atoms with Crippen LogP contribution in [0.2, 0.25) is 5.02 Å². The zero-order valence-electron chi connectivity index (χ0n) is 15.0. The van der Waals surface area contributed by atoms with Crippen molar-refractivity contribution in [3.8, 4) is 0 Å². The number of amides is 2. The van der Waals surface area contributed by atoms with Gasteiger partial charge in [-0.1, -0.05) is 23.7 Å². The number of rotatable bonds is 5. The molecule has 25 heavy (non-hydrogen) atoms. The highest BCUT2D eigenvalue weighted by atomic mass is 35.5. The number of benzene rings is 2. The van der Waals surface area contributed by atoms with E-state index in [2.05, 4.69) is 5.32 Å². The minimum Gasteiger partial charge on any atom is -0.326 e. The third kappa shape index (κ3) is 5.07. The van der Waals surface area contributed by atoms with Crippen molar-refractivity contribution < 1.29 is 9.59 Å². The van der Waals surface area contributed by atoms with Crippen molar-refractivity contribution in [2.45, 2.75) is 34.1 Å². The zero-order valence-corrected chi connectivity index (χ0v) is 15.8. The summed E-state index contributed by atoms with van der Waals surface area (Å²) in [6, 6.07) is 11.2. The Bertz CT molecular complexity index is 802. The lowest BCUT2D eigenvalue weighted by atomic mass is 10.1. The van der Waals surface area contributed by atoms with Gasteiger partial charge in [0.25, 0.3) is 0 Å². The summed E-state index contributed by atoms with van der Waals surface area (Å²) in [6.45, 7) is 7.71. The number of halogens is 1. The molecule has 0 heterocycles. The van der Waals surface area contributed by atoms with E-state index in [1.165, 1.54) is 12.5 Å². The van der Waals surface area contributed by atoms with Gasteiger partial charge >= 0.3 is 0 Å². The van der Waals surface area contributed by atoms with Crippen LogP contribution in [0.15, 0.2) is 36.4 Å². The molecule has 0 aromatic heterocycles. The Balaban J connectivity index is 2.02. The molecule has 1 N–H and O–H groups in total. The molecule has 4 nitrogen and oxygen atoms in total. The Morgan fingerprint density at radius 2 is 1.68 bits per heavy atom. The lowest BCUT2D eigenvalue weighted by molar-refractivity contribution is -0.117. The topological polar surface area (TPSA) is 49.4 Å². The van der Waals surface area contributed by atoms with Crippen LogP contribution < -0.4 is 10.2 Å². The maximum atomic E-state index is 12.2. The summed E-state index contributed by atoms with van der Waals surface area (Å²) >= 11 is 6.14. The van der Waals surface area contributed by atoms with Crippen LogP contribution in [0.4, 0.5) is 11.4 Å². The van der Waals surface area contributed by atoms with Crippen molar-refractivity contribution in [3.63, 3.8) is 0 Å². The molecular weight excluding hydrogens is 336 g/mol. The normalized spacial score (nSPS) is 10.4. The van der Waals surface area contributed by atoms with E-state index < -0.39 is 0 Å². The maximum absolute atomic E-state index is 12.2. The monoisotopic (exact) mass is 358 g/mol. The Kier molecular flexibility index (Phi) is 6.21. The highest BCUT2D eigenvalue weighted by Crippen LogP contribution is 2.23. The summed E-state index contributed by atoms with van der Waals surface area (Å²) < 4.78 is 0. The van der Waals surface area contributed by atoms with Crippen LogP contribution >= 0.6 is 11.6 Å². The smallest absolute Gasteiger partial charge is 0.226 e. The van der Waals surface area contributed by atoms with Gasteiger partial charge in [-0.15, -0.1) is 0 Å². The SMILES string of the molecule is CC(=O)N(CCC(=O)Nc1ccc(C)c(C)c1)c1ccc(C)c(Cl)c1. The van der Waals surface area contributed by atoms with Crippen LogP contribution in [0.3, 0.4) is 0 Å². The van der Waals surface area contributed by atoms with Gasteiger partial charge < -0.3 is 10.2 Å².